The molecule has 0 bridgehead atoms. The molecule has 4 N–H and O–H groups in total. The molecule has 1 aliphatic heterocycles. The van der Waals surface area contributed by atoms with Crippen molar-refractivity contribution < 1.29 is 24.5 Å². The van der Waals surface area contributed by atoms with Crippen LogP contribution in [-0.4, -0.2) is 63.8 Å². The fourth-order valence-corrected chi connectivity index (χ4v) is 4.30. The molecule has 2 aromatic heterocycles. The van der Waals surface area contributed by atoms with E-state index in [0.717, 1.165) is 18.4 Å². The number of carbonyl (C=O) groups is 2. The number of rotatable bonds is 8. The molecule has 0 spiro atoms. The summed E-state index contributed by atoms with van der Waals surface area (Å²) in [5.41, 5.74) is 2.31. The highest BCUT2D eigenvalue weighted by Crippen LogP contribution is 2.35. The summed E-state index contributed by atoms with van der Waals surface area (Å²) in [6, 6.07) is 12.4. The van der Waals surface area contributed by atoms with Crippen LogP contribution in [0.2, 0.25) is 0 Å². The second-order valence-electron chi connectivity index (χ2n) is 8.82. The Morgan fingerprint density at radius 3 is 2.59 bits per heavy atom. The number of nitrogens with one attached hydrogen (secondary N) is 2. The summed E-state index contributed by atoms with van der Waals surface area (Å²) in [6.07, 6.45) is 2.65. The summed E-state index contributed by atoms with van der Waals surface area (Å²) in [7, 11) is 0. The third-order valence-corrected chi connectivity index (χ3v) is 6.23. The Bertz CT molecular complexity index is 1150. The number of phenolic OH excluding ortho intramolecular Hbond substituents is 1. The molecule has 1 unspecified atom stereocenters. The Morgan fingerprint density at radius 2 is 1.88 bits per heavy atom. The van der Waals surface area contributed by atoms with Crippen LogP contribution in [0.25, 0.3) is 5.65 Å². The van der Waals surface area contributed by atoms with Crippen LogP contribution >= 0.6 is 0 Å². The minimum Gasteiger partial charge on any atom is -0.508 e. The summed E-state index contributed by atoms with van der Waals surface area (Å²) >= 11 is 0. The van der Waals surface area contributed by atoms with E-state index in [9.17, 15) is 19.8 Å². The van der Waals surface area contributed by atoms with Crippen molar-refractivity contribution in [3.05, 3.63) is 65.6 Å². The Hall–Kier alpha value is -3.43. The molecule has 2 amide bonds. The van der Waals surface area contributed by atoms with E-state index in [1.165, 1.54) is 0 Å². The van der Waals surface area contributed by atoms with Gasteiger partial charge in [0.25, 0.3) is 5.91 Å². The number of carbonyl (C=O) groups excluding carboxylic acids is 2. The van der Waals surface area contributed by atoms with Crippen molar-refractivity contribution in [2.24, 2.45) is 0 Å². The molecule has 0 saturated carbocycles. The van der Waals surface area contributed by atoms with Gasteiger partial charge < -0.3 is 25.6 Å². The maximum absolute atomic E-state index is 13.2. The van der Waals surface area contributed by atoms with Gasteiger partial charge >= 0.3 is 0 Å². The molecule has 3 aromatic rings. The van der Waals surface area contributed by atoms with Crippen LogP contribution in [0, 0.1) is 0 Å². The van der Waals surface area contributed by atoms with Crippen molar-refractivity contribution in [1.29, 1.82) is 0 Å². The van der Waals surface area contributed by atoms with E-state index < -0.39 is 6.10 Å². The monoisotopic (exact) mass is 466 g/mol. The minimum atomic E-state index is -0.624. The molecule has 34 heavy (non-hydrogen) atoms. The lowest BCUT2D eigenvalue weighted by molar-refractivity contribution is -0.120. The van der Waals surface area contributed by atoms with Crippen LogP contribution in [0.15, 0.2) is 48.7 Å². The van der Waals surface area contributed by atoms with E-state index >= 15 is 0 Å². The second-order valence-corrected chi connectivity index (χ2v) is 8.82. The fourth-order valence-electron chi connectivity index (χ4n) is 4.30. The number of hydrogen-bond donors (Lipinski definition) is 4. The predicted molar refractivity (Wildman–Crippen MR) is 126 cm³/mol. The molecule has 0 aliphatic carbocycles. The van der Waals surface area contributed by atoms with E-state index in [4.69, 9.17) is 4.74 Å². The summed E-state index contributed by atoms with van der Waals surface area (Å²) in [6.45, 7) is 3.41. The molecule has 0 radical (unpaired) electrons. The van der Waals surface area contributed by atoms with Gasteiger partial charge in [0.15, 0.2) is 0 Å². The van der Waals surface area contributed by atoms with Crippen LogP contribution in [-0.2, 0) is 21.4 Å². The lowest BCUT2D eigenvalue weighted by atomic mass is 9.74. The Balaban J connectivity index is 1.50. The Morgan fingerprint density at radius 1 is 1.15 bits per heavy atom. The quantitative estimate of drug-likeness (QED) is 0.399. The number of pyridine rings is 1. The van der Waals surface area contributed by atoms with E-state index in [1.807, 2.05) is 12.1 Å². The number of ether oxygens (including phenoxy) is 1. The number of aliphatic hydroxyl groups excluding tert-OH is 1. The summed E-state index contributed by atoms with van der Waals surface area (Å²) in [5, 5.41) is 24.7. The number of benzene rings is 1. The fraction of sp³-hybridized carbons (Fsp3) is 0.400. The SMILES string of the molecule is CC(O)CNC(=O)Cc1cn2c(C(=O)NCC3(c4ccc(O)cc4)CCOCC3)cccc2n1. The third-order valence-electron chi connectivity index (χ3n) is 6.23. The molecule has 180 valence electrons. The lowest BCUT2D eigenvalue weighted by Gasteiger charge is -2.38. The van der Waals surface area contributed by atoms with E-state index in [0.29, 0.717) is 36.8 Å². The normalized spacial score (nSPS) is 16.2. The third kappa shape index (κ3) is 5.37. The molecular formula is C25H30N4O5. The smallest absolute Gasteiger partial charge is 0.268 e. The highest BCUT2D eigenvalue weighted by atomic mass is 16.5. The number of fused-ring (bicyclic) bond motifs is 1. The first kappa shape index (κ1) is 23.7. The molecule has 1 atom stereocenters. The van der Waals surface area contributed by atoms with Crippen LogP contribution in [0.5, 0.6) is 5.75 Å². The number of amides is 2. The lowest BCUT2D eigenvalue weighted by Crippen LogP contribution is -2.44. The van der Waals surface area contributed by atoms with E-state index in [1.54, 1.807) is 47.9 Å². The van der Waals surface area contributed by atoms with Gasteiger partial charge in [0.05, 0.1) is 18.2 Å². The van der Waals surface area contributed by atoms with Crippen LogP contribution in [0.4, 0.5) is 0 Å². The highest BCUT2D eigenvalue weighted by molar-refractivity contribution is 5.93. The number of aliphatic hydroxyl groups is 1. The van der Waals surface area contributed by atoms with Crippen molar-refractivity contribution in [3.8, 4) is 5.75 Å². The average molecular weight is 467 g/mol. The van der Waals surface area contributed by atoms with Gasteiger partial charge in [0, 0.05) is 37.9 Å². The zero-order valence-corrected chi connectivity index (χ0v) is 19.2. The van der Waals surface area contributed by atoms with E-state index in [-0.39, 0.29) is 35.9 Å². The molecule has 9 heteroatoms. The van der Waals surface area contributed by atoms with Gasteiger partial charge in [-0.15, -0.1) is 0 Å². The van der Waals surface area contributed by atoms with Gasteiger partial charge in [-0.3, -0.25) is 14.0 Å². The first-order valence-corrected chi connectivity index (χ1v) is 11.4. The molecule has 4 rings (SSSR count). The van der Waals surface area contributed by atoms with Gasteiger partial charge in [-0.25, -0.2) is 4.98 Å². The second kappa shape index (κ2) is 10.2. The van der Waals surface area contributed by atoms with Crippen molar-refractivity contribution in [3.63, 3.8) is 0 Å². The largest absolute Gasteiger partial charge is 0.508 e. The average Bonchev–Trinajstić information content (AvgIpc) is 3.24. The summed E-state index contributed by atoms with van der Waals surface area (Å²) in [5.74, 6) is -0.277. The zero-order chi connectivity index (χ0) is 24.1. The molecule has 9 nitrogen and oxygen atoms in total. The summed E-state index contributed by atoms with van der Waals surface area (Å²) < 4.78 is 7.25. The number of nitrogens with zero attached hydrogens (tertiary/aromatic N) is 2. The van der Waals surface area contributed by atoms with Crippen LogP contribution < -0.4 is 10.6 Å². The van der Waals surface area contributed by atoms with Gasteiger partial charge in [0.1, 0.15) is 17.1 Å². The summed E-state index contributed by atoms with van der Waals surface area (Å²) in [4.78, 5) is 29.8. The maximum atomic E-state index is 13.2. The molecule has 1 aromatic carbocycles. The Kier molecular flexibility index (Phi) is 7.14. The number of aromatic hydroxyl groups is 1. The van der Waals surface area contributed by atoms with Crippen molar-refractivity contribution in [2.45, 2.75) is 37.7 Å². The Labute approximate surface area is 197 Å². The first-order valence-electron chi connectivity index (χ1n) is 11.4. The molecule has 1 saturated heterocycles. The van der Waals surface area contributed by atoms with Gasteiger partial charge in [-0.1, -0.05) is 18.2 Å². The zero-order valence-electron chi connectivity index (χ0n) is 19.2. The highest BCUT2D eigenvalue weighted by Gasteiger charge is 2.35. The number of aromatic nitrogens is 2. The molecule has 3 heterocycles. The van der Waals surface area contributed by atoms with Crippen LogP contribution in [0.3, 0.4) is 0 Å². The maximum Gasteiger partial charge on any atom is 0.268 e. The van der Waals surface area contributed by atoms with Gasteiger partial charge in [0.2, 0.25) is 5.91 Å². The standard InChI is InChI=1S/C25H30N4O5/c1-17(30)14-26-23(32)13-19-15-29-21(3-2-4-22(29)28-19)24(33)27-16-25(9-11-34-12-10-25)18-5-7-20(31)8-6-18/h2-8,15,17,30-31H,9-14,16H2,1H3,(H,26,32)(H,27,33). The van der Waals surface area contributed by atoms with Crippen molar-refractivity contribution in [2.75, 3.05) is 26.3 Å². The first-order chi connectivity index (χ1) is 16.4. The van der Waals surface area contributed by atoms with Crippen molar-refractivity contribution in [1.82, 2.24) is 20.0 Å². The molecular weight excluding hydrogens is 436 g/mol. The number of hydrogen-bond acceptors (Lipinski definition) is 6. The number of imidazole rings is 1. The predicted octanol–water partition coefficient (Wildman–Crippen LogP) is 1.56. The molecule has 1 fully saturated rings. The van der Waals surface area contributed by atoms with E-state index in [2.05, 4.69) is 15.6 Å². The topological polar surface area (TPSA) is 125 Å². The van der Waals surface area contributed by atoms with Gasteiger partial charge in [-0.05, 0) is 49.6 Å². The van der Waals surface area contributed by atoms with Crippen molar-refractivity contribution >= 4 is 17.5 Å². The number of phenols is 1. The molecule has 1 aliphatic rings. The van der Waals surface area contributed by atoms with Crippen LogP contribution in [0.1, 0.15) is 41.5 Å². The minimum absolute atomic E-state index is 0.0550. The van der Waals surface area contributed by atoms with Gasteiger partial charge in [-0.2, -0.15) is 0 Å².